The summed E-state index contributed by atoms with van der Waals surface area (Å²) in [5.74, 6) is 0. The lowest BCUT2D eigenvalue weighted by Gasteiger charge is -2.17. The van der Waals surface area contributed by atoms with Crippen LogP contribution in [-0.4, -0.2) is 38.8 Å². The first-order valence-corrected chi connectivity index (χ1v) is 5.65. The van der Waals surface area contributed by atoms with Crippen LogP contribution in [0, 0.1) is 0 Å². The lowest BCUT2D eigenvalue weighted by molar-refractivity contribution is -0.0608. The van der Waals surface area contributed by atoms with Gasteiger partial charge in [0.2, 0.25) is 0 Å². The van der Waals surface area contributed by atoms with E-state index in [1.165, 1.54) is 12.3 Å². The van der Waals surface area contributed by atoms with Gasteiger partial charge in [-0.1, -0.05) is 0 Å². The summed E-state index contributed by atoms with van der Waals surface area (Å²) in [7, 11) is -5.61. The van der Waals surface area contributed by atoms with Crippen LogP contribution in [0.5, 0.6) is 0 Å². The third-order valence-electron chi connectivity index (χ3n) is 2.18. The Labute approximate surface area is 88.9 Å². The van der Waals surface area contributed by atoms with Crippen LogP contribution < -0.4 is 0 Å². The Morgan fingerprint density at radius 1 is 1.38 bits per heavy atom. The van der Waals surface area contributed by atoms with Gasteiger partial charge in [0.05, 0.1) is 12.9 Å². The van der Waals surface area contributed by atoms with Gasteiger partial charge in [0, 0.05) is 0 Å². The lowest BCUT2D eigenvalue weighted by Crippen LogP contribution is -2.36. The van der Waals surface area contributed by atoms with Crippen molar-refractivity contribution in [1.29, 1.82) is 0 Å². The molecular weight excluding hydrogens is 253 g/mol. The summed E-state index contributed by atoms with van der Waals surface area (Å²) in [5, 5.41) is 0. The minimum atomic E-state index is -5.61. The van der Waals surface area contributed by atoms with E-state index in [9.17, 15) is 21.6 Å². The first-order chi connectivity index (χ1) is 7.31. The number of hydrogen-bond acceptors (Lipinski definition) is 5. The summed E-state index contributed by atoms with van der Waals surface area (Å²) < 4.78 is 71.4. The summed E-state index contributed by atoms with van der Waals surface area (Å²) in [6, 6.07) is 0. The van der Waals surface area contributed by atoms with Crippen molar-refractivity contribution in [2.45, 2.75) is 23.8 Å². The molecule has 2 aliphatic heterocycles. The van der Waals surface area contributed by atoms with Crippen LogP contribution >= 0.6 is 0 Å². The lowest BCUT2D eigenvalue weighted by atomic mass is 10.2. The maximum Gasteiger partial charge on any atom is 0.523 e. The Morgan fingerprint density at radius 2 is 2.06 bits per heavy atom. The van der Waals surface area contributed by atoms with Gasteiger partial charge in [-0.15, -0.1) is 0 Å². The predicted molar refractivity (Wildman–Crippen MR) is 43.6 cm³/mol. The van der Waals surface area contributed by atoms with E-state index in [-0.39, 0.29) is 6.61 Å². The molecule has 0 N–H and O–H groups in total. The van der Waals surface area contributed by atoms with Crippen LogP contribution in [0.3, 0.4) is 0 Å². The molecule has 92 valence electrons. The van der Waals surface area contributed by atoms with Crippen LogP contribution in [-0.2, 0) is 23.8 Å². The highest BCUT2D eigenvalue weighted by Gasteiger charge is 2.52. The number of ether oxygens (including phenoxy) is 2. The normalized spacial score (nSPS) is 33.8. The molecule has 9 heteroatoms. The van der Waals surface area contributed by atoms with Gasteiger partial charge in [-0.25, -0.2) is 0 Å². The van der Waals surface area contributed by atoms with Crippen LogP contribution in [0.1, 0.15) is 0 Å². The Hall–Kier alpha value is -0.800. The second-order valence-electron chi connectivity index (χ2n) is 3.26. The molecule has 1 saturated heterocycles. The van der Waals surface area contributed by atoms with E-state index >= 15 is 0 Å². The molecule has 0 aromatic rings. The van der Waals surface area contributed by atoms with Gasteiger partial charge in [0.25, 0.3) is 0 Å². The smallest absolute Gasteiger partial charge is 0.492 e. The summed E-state index contributed by atoms with van der Waals surface area (Å²) in [6.45, 7) is -0.255. The molecule has 0 radical (unpaired) electrons. The Kier molecular flexibility index (Phi) is 2.63. The van der Waals surface area contributed by atoms with Gasteiger partial charge in [-0.2, -0.15) is 21.6 Å². The molecule has 5 nitrogen and oxygen atoms in total. The van der Waals surface area contributed by atoms with Crippen LogP contribution in [0.4, 0.5) is 13.2 Å². The topological polar surface area (TPSA) is 61.8 Å². The van der Waals surface area contributed by atoms with Crippen molar-refractivity contribution < 1.29 is 35.2 Å². The van der Waals surface area contributed by atoms with Gasteiger partial charge in [0.15, 0.2) is 6.10 Å². The molecule has 0 amide bonds. The summed E-state index contributed by atoms with van der Waals surface area (Å²) in [6.07, 6.45) is 0.0661. The number of fused-ring (bicyclic) bond motifs is 1. The molecule has 0 aliphatic carbocycles. The third-order valence-corrected chi connectivity index (χ3v) is 3.25. The highest BCUT2D eigenvalue weighted by Crippen LogP contribution is 2.31. The predicted octanol–water partition coefficient (Wildman–Crippen LogP) is 0.532. The second-order valence-corrected chi connectivity index (χ2v) is 4.83. The molecular formula is C7H7F3O5S. The van der Waals surface area contributed by atoms with Crippen molar-refractivity contribution >= 4 is 10.1 Å². The minimum absolute atomic E-state index is 0.255. The van der Waals surface area contributed by atoms with Gasteiger partial charge < -0.3 is 9.47 Å². The molecule has 3 unspecified atom stereocenters. The van der Waals surface area contributed by atoms with Crippen LogP contribution in [0.15, 0.2) is 12.3 Å². The molecule has 2 heterocycles. The van der Waals surface area contributed by atoms with Crippen molar-refractivity contribution in [2.75, 3.05) is 6.61 Å². The molecule has 2 rings (SSSR count). The van der Waals surface area contributed by atoms with E-state index in [0.29, 0.717) is 0 Å². The van der Waals surface area contributed by atoms with Gasteiger partial charge in [-0.05, 0) is 6.08 Å². The van der Waals surface area contributed by atoms with Crippen molar-refractivity contribution in [1.82, 2.24) is 0 Å². The molecule has 0 saturated carbocycles. The molecule has 16 heavy (non-hydrogen) atoms. The zero-order valence-corrected chi connectivity index (χ0v) is 8.49. The standard InChI is InChI=1S/C7H7F3O5S/c8-7(9,10)16(11,12)15-5-3-14-4-1-2-13-6(4)5/h1-2,4-6H,3H2. The molecule has 1 fully saturated rings. The van der Waals surface area contributed by atoms with E-state index in [2.05, 4.69) is 4.18 Å². The van der Waals surface area contributed by atoms with Gasteiger partial charge in [-0.3, -0.25) is 4.18 Å². The summed E-state index contributed by atoms with van der Waals surface area (Å²) in [5.41, 5.74) is -5.43. The van der Waals surface area contributed by atoms with Crippen LogP contribution in [0.2, 0.25) is 0 Å². The molecule has 3 atom stereocenters. The van der Waals surface area contributed by atoms with E-state index in [1.54, 1.807) is 0 Å². The van der Waals surface area contributed by atoms with E-state index < -0.39 is 33.9 Å². The maximum atomic E-state index is 12.0. The Bertz CT molecular complexity index is 401. The average Bonchev–Trinajstić information content (AvgIpc) is 2.67. The Balaban J connectivity index is 2.07. The average molecular weight is 260 g/mol. The number of halogens is 3. The number of hydrogen-bond donors (Lipinski definition) is 0. The molecule has 0 spiro atoms. The molecule has 2 aliphatic rings. The van der Waals surface area contributed by atoms with Gasteiger partial charge in [0.1, 0.15) is 12.2 Å². The molecule has 0 aromatic heterocycles. The summed E-state index contributed by atoms with van der Waals surface area (Å²) >= 11 is 0. The highest BCUT2D eigenvalue weighted by atomic mass is 32.2. The highest BCUT2D eigenvalue weighted by molar-refractivity contribution is 7.87. The Morgan fingerprint density at radius 3 is 2.69 bits per heavy atom. The second kappa shape index (κ2) is 3.60. The van der Waals surface area contributed by atoms with Crippen molar-refractivity contribution in [2.24, 2.45) is 0 Å². The first-order valence-electron chi connectivity index (χ1n) is 4.24. The minimum Gasteiger partial charge on any atom is -0.492 e. The summed E-state index contributed by atoms with van der Waals surface area (Å²) in [4.78, 5) is 0. The van der Waals surface area contributed by atoms with E-state index in [1.807, 2.05) is 0 Å². The zero-order valence-electron chi connectivity index (χ0n) is 7.68. The fraction of sp³-hybridized carbons (Fsp3) is 0.714. The number of rotatable bonds is 2. The maximum absolute atomic E-state index is 12.0. The molecule has 0 bridgehead atoms. The van der Waals surface area contributed by atoms with Gasteiger partial charge >= 0.3 is 15.6 Å². The monoisotopic (exact) mass is 260 g/mol. The SMILES string of the molecule is O=S(=O)(OC1COC2C=COC21)C(F)(F)F. The fourth-order valence-corrected chi connectivity index (χ4v) is 2.05. The van der Waals surface area contributed by atoms with Crippen molar-refractivity contribution in [3.05, 3.63) is 12.3 Å². The quantitative estimate of drug-likeness (QED) is 0.535. The zero-order chi connectivity index (χ0) is 12.0. The van der Waals surface area contributed by atoms with E-state index in [4.69, 9.17) is 9.47 Å². The van der Waals surface area contributed by atoms with E-state index in [0.717, 1.165) is 0 Å². The first kappa shape index (κ1) is 11.7. The number of alkyl halides is 3. The van der Waals surface area contributed by atoms with Crippen molar-refractivity contribution in [3.63, 3.8) is 0 Å². The van der Waals surface area contributed by atoms with Crippen LogP contribution in [0.25, 0.3) is 0 Å². The fourth-order valence-electron chi connectivity index (χ4n) is 1.45. The molecule has 0 aromatic carbocycles. The van der Waals surface area contributed by atoms with Crippen molar-refractivity contribution in [3.8, 4) is 0 Å². The third kappa shape index (κ3) is 1.89. The largest absolute Gasteiger partial charge is 0.523 e.